The molecule has 0 saturated heterocycles. The number of rotatable bonds is 7. The standard InChI is InChI=1S/C62H40N2S/c1-2-13-47-39-49(28-27-41(47)11-1)44-25-23-42(24-26-44)43-29-34-50(35-30-43)63(60-22-10-19-56-57-38-33-46-12-3-4-16-53(46)61(57)65-62(56)60)51-36-31-45(32-37-51)48-14-9-15-52(40-48)64-58-20-7-5-17-54(58)55-18-6-8-21-59(55)64/h1-40H. The Hall–Kier alpha value is -8.24. The minimum absolute atomic E-state index is 1.11. The van der Waals surface area contributed by atoms with Crippen LogP contribution in [0.25, 0.3) is 103 Å². The Kier molecular flexibility index (Phi) is 8.75. The molecule has 0 amide bonds. The van der Waals surface area contributed by atoms with Crippen molar-refractivity contribution in [2.75, 3.05) is 4.90 Å². The fourth-order valence-electron chi connectivity index (χ4n) is 9.97. The van der Waals surface area contributed by atoms with Crippen molar-refractivity contribution in [2.24, 2.45) is 0 Å². The van der Waals surface area contributed by atoms with Crippen molar-refractivity contribution in [3.05, 3.63) is 243 Å². The average Bonchev–Trinajstić information content (AvgIpc) is 3.94. The van der Waals surface area contributed by atoms with E-state index in [0.29, 0.717) is 0 Å². The van der Waals surface area contributed by atoms with Crippen LogP contribution in [0.5, 0.6) is 0 Å². The van der Waals surface area contributed by atoms with Gasteiger partial charge in [0, 0.05) is 43.3 Å². The number of aromatic nitrogens is 1. The molecule has 13 aromatic rings. The van der Waals surface area contributed by atoms with Crippen LogP contribution in [0, 0.1) is 0 Å². The van der Waals surface area contributed by atoms with Crippen LogP contribution >= 0.6 is 11.3 Å². The van der Waals surface area contributed by atoms with Gasteiger partial charge in [-0.05, 0) is 116 Å². The minimum atomic E-state index is 1.11. The second-order valence-electron chi connectivity index (χ2n) is 16.9. The highest BCUT2D eigenvalue weighted by Gasteiger charge is 2.20. The molecule has 0 spiro atoms. The Morgan fingerprint density at radius 2 is 0.769 bits per heavy atom. The number of fused-ring (bicyclic) bond motifs is 9. The maximum Gasteiger partial charge on any atom is 0.0640 e. The molecule has 0 radical (unpaired) electrons. The maximum absolute atomic E-state index is 2.44. The Balaban J connectivity index is 0.896. The van der Waals surface area contributed by atoms with E-state index in [1.807, 2.05) is 11.3 Å². The van der Waals surface area contributed by atoms with Gasteiger partial charge in [0.05, 0.1) is 21.4 Å². The third kappa shape index (κ3) is 6.31. The molecule has 304 valence electrons. The van der Waals surface area contributed by atoms with Crippen molar-refractivity contribution in [3.8, 4) is 39.1 Å². The predicted molar refractivity (Wildman–Crippen MR) is 280 cm³/mol. The van der Waals surface area contributed by atoms with E-state index in [9.17, 15) is 0 Å². The number of thiophene rings is 1. The normalized spacial score (nSPS) is 11.7. The van der Waals surface area contributed by atoms with Crippen LogP contribution < -0.4 is 4.90 Å². The lowest BCUT2D eigenvalue weighted by Gasteiger charge is -2.26. The number of para-hydroxylation sites is 2. The molecule has 0 fully saturated rings. The first-order chi connectivity index (χ1) is 32.2. The summed E-state index contributed by atoms with van der Waals surface area (Å²) in [4.78, 5) is 2.44. The van der Waals surface area contributed by atoms with Crippen LogP contribution in [0.2, 0.25) is 0 Å². The summed E-state index contributed by atoms with van der Waals surface area (Å²) >= 11 is 1.89. The van der Waals surface area contributed by atoms with E-state index in [1.165, 1.54) is 103 Å². The highest BCUT2D eigenvalue weighted by atomic mass is 32.1. The van der Waals surface area contributed by atoms with Gasteiger partial charge in [0.1, 0.15) is 0 Å². The zero-order valence-corrected chi connectivity index (χ0v) is 36.2. The zero-order valence-electron chi connectivity index (χ0n) is 35.4. The van der Waals surface area contributed by atoms with E-state index in [-0.39, 0.29) is 0 Å². The molecule has 0 atom stereocenters. The van der Waals surface area contributed by atoms with E-state index >= 15 is 0 Å². The molecular weight excluding hydrogens is 805 g/mol. The van der Waals surface area contributed by atoms with E-state index in [4.69, 9.17) is 0 Å². The fourth-order valence-corrected chi connectivity index (χ4v) is 11.3. The molecule has 0 saturated carbocycles. The molecule has 3 heteroatoms. The number of anilines is 3. The summed E-state index contributed by atoms with van der Waals surface area (Å²) in [5, 5.41) is 10.2. The smallest absolute Gasteiger partial charge is 0.0640 e. The first kappa shape index (κ1) is 37.3. The summed E-state index contributed by atoms with van der Waals surface area (Å²) < 4.78 is 4.99. The minimum Gasteiger partial charge on any atom is -0.309 e. The molecule has 0 unspecified atom stereocenters. The van der Waals surface area contributed by atoms with E-state index in [0.717, 1.165) is 17.1 Å². The van der Waals surface area contributed by atoms with Gasteiger partial charge < -0.3 is 9.47 Å². The van der Waals surface area contributed by atoms with Crippen molar-refractivity contribution in [3.63, 3.8) is 0 Å². The van der Waals surface area contributed by atoms with Gasteiger partial charge in [-0.1, -0.05) is 182 Å². The molecule has 65 heavy (non-hydrogen) atoms. The fraction of sp³-hybridized carbons (Fsp3) is 0. The lowest BCUT2D eigenvalue weighted by atomic mass is 9.98. The monoisotopic (exact) mass is 844 g/mol. The lowest BCUT2D eigenvalue weighted by Crippen LogP contribution is -2.10. The number of hydrogen-bond donors (Lipinski definition) is 0. The van der Waals surface area contributed by atoms with E-state index < -0.39 is 0 Å². The third-order valence-electron chi connectivity index (χ3n) is 13.2. The van der Waals surface area contributed by atoms with Crippen LogP contribution in [-0.2, 0) is 0 Å². The van der Waals surface area contributed by atoms with Gasteiger partial charge >= 0.3 is 0 Å². The van der Waals surface area contributed by atoms with Crippen LogP contribution in [0.3, 0.4) is 0 Å². The summed E-state index contributed by atoms with van der Waals surface area (Å²) in [7, 11) is 0. The van der Waals surface area contributed by atoms with Crippen LogP contribution in [0.15, 0.2) is 243 Å². The van der Waals surface area contributed by atoms with Gasteiger partial charge in [0.15, 0.2) is 0 Å². The topological polar surface area (TPSA) is 8.17 Å². The molecule has 13 rings (SSSR count). The highest BCUT2D eigenvalue weighted by Crippen LogP contribution is 2.47. The second-order valence-corrected chi connectivity index (χ2v) is 17.9. The van der Waals surface area contributed by atoms with Gasteiger partial charge in [0.25, 0.3) is 0 Å². The molecular formula is C62H40N2S. The molecule has 0 aliphatic heterocycles. The summed E-state index contributed by atoms with van der Waals surface area (Å²) in [5.41, 5.74) is 14.1. The molecule has 0 bridgehead atoms. The summed E-state index contributed by atoms with van der Waals surface area (Å²) in [6, 6.07) is 88.9. The maximum atomic E-state index is 2.44. The Bertz CT molecular complexity index is 3880. The van der Waals surface area contributed by atoms with E-state index in [2.05, 4.69) is 252 Å². The molecule has 0 N–H and O–H groups in total. The number of hydrogen-bond acceptors (Lipinski definition) is 2. The largest absolute Gasteiger partial charge is 0.309 e. The first-order valence-electron chi connectivity index (χ1n) is 22.2. The Labute approximate surface area is 381 Å². The highest BCUT2D eigenvalue weighted by molar-refractivity contribution is 7.27. The summed E-state index contributed by atoms with van der Waals surface area (Å²) in [6.45, 7) is 0. The van der Waals surface area contributed by atoms with E-state index in [1.54, 1.807) is 0 Å². The molecule has 0 aliphatic carbocycles. The second kappa shape index (κ2) is 15.2. The van der Waals surface area contributed by atoms with Crippen molar-refractivity contribution in [2.45, 2.75) is 0 Å². The van der Waals surface area contributed by atoms with Gasteiger partial charge in [-0.15, -0.1) is 11.3 Å². The van der Waals surface area contributed by atoms with Gasteiger partial charge in [-0.3, -0.25) is 0 Å². The van der Waals surface area contributed by atoms with Crippen LogP contribution in [0.1, 0.15) is 0 Å². The molecule has 0 aliphatic rings. The third-order valence-corrected chi connectivity index (χ3v) is 14.5. The van der Waals surface area contributed by atoms with Gasteiger partial charge in [0.2, 0.25) is 0 Å². The number of benzene rings is 11. The van der Waals surface area contributed by atoms with Crippen LogP contribution in [0.4, 0.5) is 17.1 Å². The SMILES string of the molecule is c1cc(-c2ccc(N(c3ccc(-c4ccc(-c5ccc6ccccc6c5)cc4)cc3)c3cccc4c3sc3c5ccccc5ccc43)cc2)cc(-n2c3ccccc3c3ccccc32)c1. The van der Waals surface area contributed by atoms with Gasteiger partial charge in [-0.2, -0.15) is 0 Å². The van der Waals surface area contributed by atoms with Crippen LogP contribution in [-0.4, -0.2) is 4.57 Å². The summed E-state index contributed by atoms with van der Waals surface area (Å²) in [5.74, 6) is 0. The number of nitrogens with zero attached hydrogens (tertiary/aromatic N) is 2. The predicted octanol–water partition coefficient (Wildman–Crippen LogP) is 17.9. The lowest BCUT2D eigenvalue weighted by molar-refractivity contribution is 1.18. The molecule has 2 aromatic heterocycles. The molecule has 2 nitrogen and oxygen atoms in total. The summed E-state index contributed by atoms with van der Waals surface area (Å²) in [6.07, 6.45) is 0. The molecule has 11 aromatic carbocycles. The van der Waals surface area contributed by atoms with Crippen molar-refractivity contribution in [1.82, 2.24) is 4.57 Å². The quantitative estimate of drug-likeness (QED) is 0.155. The Morgan fingerprint density at radius 3 is 1.45 bits per heavy atom. The Morgan fingerprint density at radius 1 is 0.292 bits per heavy atom. The average molecular weight is 845 g/mol. The molecule has 2 heterocycles. The van der Waals surface area contributed by atoms with Crippen molar-refractivity contribution >= 4 is 91.9 Å². The van der Waals surface area contributed by atoms with Crippen molar-refractivity contribution in [1.29, 1.82) is 0 Å². The van der Waals surface area contributed by atoms with Gasteiger partial charge in [-0.25, -0.2) is 0 Å². The first-order valence-corrected chi connectivity index (χ1v) is 23.1. The zero-order chi connectivity index (χ0) is 42.8. The van der Waals surface area contributed by atoms with Crippen molar-refractivity contribution < 1.29 is 0 Å².